The predicted molar refractivity (Wildman–Crippen MR) is 123 cm³/mol. The smallest absolute Gasteiger partial charge is 0.113 e. The van der Waals surface area contributed by atoms with Gasteiger partial charge in [-0.15, -0.1) is 11.3 Å². The van der Waals surface area contributed by atoms with E-state index in [4.69, 9.17) is 16.3 Å². The maximum atomic E-state index is 10.4. The summed E-state index contributed by atoms with van der Waals surface area (Å²) in [6, 6.07) is 17.1. The van der Waals surface area contributed by atoms with Crippen molar-refractivity contribution < 1.29 is 30.3 Å². The molecule has 2 heterocycles. The van der Waals surface area contributed by atoms with E-state index >= 15 is 0 Å². The minimum Gasteiger partial charge on any atom is -0.394 e. The lowest BCUT2D eigenvalue weighted by Gasteiger charge is -2.40. The third-order valence-electron chi connectivity index (χ3n) is 5.74. The monoisotopic (exact) mass is 476 g/mol. The standard InChI is InChI=1S/C24H25ClO6S/c25-18-7-5-15(24-23(30)22(29)21(28)19(12-27)31-24)9-16(18)10-17-6-8-20(32-17)14-3-1-13(11-26)2-4-14/h1-9,19,21-24,26-30H,10-12H2/t19-,21-,22+,23-,24+/m1/s1. The second-order valence-corrected chi connectivity index (χ2v) is 9.47. The first kappa shape index (κ1) is 23.4. The van der Waals surface area contributed by atoms with Gasteiger partial charge in [-0.2, -0.15) is 0 Å². The lowest BCUT2D eigenvalue weighted by atomic mass is 9.90. The molecule has 2 aromatic carbocycles. The molecule has 3 aromatic rings. The Balaban J connectivity index is 1.55. The molecule has 1 saturated heterocycles. The van der Waals surface area contributed by atoms with Gasteiger partial charge < -0.3 is 30.3 Å². The van der Waals surface area contributed by atoms with Crippen molar-refractivity contribution in [2.24, 2.45) is 0 Å². The number of hydrogen-bond acceptors (Lipinski definition) is 7. The number of rotatable bonds is 6. The number of thiophene rings is 1. The molecule has 1 aliphatic heterocycles. The van der Waals surface area contributed by atoms with Crippen molar-refractivity contribution in [3.05, 3.63) is 81.2 Å². The summed E-state index contributed by atoms with van der Waals surface area (Å²) < 4.78 is 5.67. The van der Waals surface area contributed by atoms with E-state index in [9.17, 15) is 25.5 Å². The van der Waals surface area contributed by atoms with Gasteiger partial charge in [0.1, 0.15) is 30.5 Å². The van der Waals surface area contributed by atoms with E-state index in [-0.39, 0.29) is 6.61 Å². The van der Waals surface area contributed by atoms with Crippen LogP contribution in [0.2, 0.25) is 5.02 Å². The van der Waals surface area contributed by atoms with E-state index in [2.05, 4.69) is 0 Å². The molecule has 5 atom stereocenters. The molecule has 0 amide bonds. The molecule has 6 nitrogen and oxygen atoms in total. The fourth-order valence-electron chi connectivity index (χ4n) is 3.87. The highest BCUT2D eigenvalue weighted by Crippen LogP contribution is 2.36. The molecule has 0 radical (unpaired) electrons. The fourth-order valence-corrected chi connectivity index (χ4v) is 5.10. The maximum absolute atomic E-state index is 10.4. The van der Waals surface area contributed by atoms with Crippen molar-refractivity contribution in [3.8, 4) is 10.4 Å². The zero-order valence-corrected chi connectivity index (χ0v) is 18.7. The van der Waals surface area contributed by atoms with Crippen LogP contribution in [0.1, 0.15) is 27.7 Å². The van der Waals surface area contributed by atoms with Gasteiger partial charge in [0.05, 0.1) is 13.2 Å². The number of aliphatic hydroxyl groups excluding tert-OH is 5. The average molecular weight is 477 g/mol. The van der Waals surface area contributed by atoms with Gasteiger partial charge in [-0.25, -0.2) is 0 Å². The van der Waals surface area contributed by atoms with Gasteiger partial charge >= 0.3 is 0 Å². The van der Waals surface area contributed by atoms with Crippen LogP contribution in [-0.4, -0.2) is 56.6 Å². The van der Waals surface area contributed by atoms with Crippen molar-refractivity contribution >= 4 is 22.9 Å². The summed E-state index contributed by atoms with van der Waals surface area (Å²) in [6.07, 6.45) is -5.45. The first-order chi connectivity index (χ1) is 15.4. The molecule has 0 saturated carbocycles. The van der Waals surface area contributed by atoms with Gasteiger partial charge in [-0.1, -0.05) is 48.0 Å². The molecule has 0 bridgehead atoms. The molecule has 0 spiro atoms. The first-order valence-electron chi connectivity index (χ1n) is 10.3. The quantitative estimate of drug-likeness (QED) is 0.374. The Morgan fingerprint density at radius 3 is 2.31 bits per heavy atom. The molecule has 170 valence electrons. The van der Waals surface area contributed by atoms with Crippen LogP contribution in [0.15, 0.2) is 54.6 Å². The summed E-state index contributed by atoms with van der Waals surface area (Å²) in [6.45, 7) is -0.460. The van der Waals surface area contributed by atoms with Crippen molar-refractivity contribution in [2.75, 3.05) is 6.61 Å². The zero-order chi connectivity index (χ0) is 22.8. The highest BCUT2D eigenvalue weighted by molar-refractivity contribution is 7.15. The van der Waals surface area contributed by atoms with Crippen LogP contribution < -0.4 is 0 Å². The minimum atomic E-state index is -1.43. The average Bonchev–Trinajstić information content (AvgIpc) is 3.28. The Morgan fingerprint density at radius 1 is 0.875 bits per heavy atom. The Hall–Kier alpha value is -1.81. The Bertz CT molecular complexity index is 1050. The second kappa shape index (κ2) is 9.99. The largest absolute Gasteiger partial charge is 0.394 e. The van der Waals surface area contributed by atoms with Gasteiger partial charge in [0.25, 0.3) is 0 Å². The number of hydrogen-bond donors (Lipinski definition) is 5. The summed E-state index contributed by atoms with van der Waals surface area (Å²) in [5, 5.41) is 49.8. The third kappa shape index (κ3) is 4.76. The topological polar surface area (TPSA) is 110 Å². The zero-order valence-electron chi connectivity index (χ0n) is 17.1. The van der Waals surface area contributed by atoms with Gasteiger partial charge in [-0.05, 0) is 40.5 Å². The van der Waals surface area contributed by atoms with Crippen LogP contribution in [0, 0.1) is 0 Å². The van der Waals surface area contributed by atoms with Gasteiger partial charge in [0.15, 0.2) is 0 Å². The number of ether oxygens (including phenoxy) is 1. The van der Waals surface area contributed by atoms with Gasteiger partial charge in [-0.3, -0.25) is 0 Å². The first-order valence-corrected chi connectivity index (χ1v) is 11.5. The molecule has 5 N–H and O–H groups in total. The normalized spacial score (nSPS) is 25.8. The highest BCUT2D eigenvalue weighted by Gasteiger charge is 2.44. The summed E-state index contributed by atoms with van der Waals surface area (Å²) in [7, 11) is 0. The molecule has 32 heavy (non-hydrogen) atoms. The molecule has 8 heteroatoms. The molecule has 4 rings (SSSR count). The highest BCUT2D eigenvalue weighted by atomic mass is 35.5. The Kier molecular flexibility index (Phi) is 7.29. The van der Waals surface area contributed by atoms with Crippen LogP contribution in [0.3, 0.4) is 0 Å². The van der Waals surface area contributed by atoms with Crippen molar-refractivity contribution in [1.82, 2.24) is 0 Å². The van der Waals surface area contributed by atoms with Crippen LogP contribution in [-0.2, 0) is 17.8 Å². The molecule has 1 aliphatic rings. The van der Waals surface area contributed by atoms with E-state index in [1.165, 1.54) is 0 Å². The van der Waals surface area contributed by atoms with Crippen LogP contribution in [0.5, 0.6) is 0 Å². The van der Waals surface area contributed by atoms with E-state index in [1.807, 2.05) is 42.5 Å². The lowest BCUT2D eigenvalue weighted by molar-refractivity contribution is -0.231. The van der Waals surface area contributed by atoms with Crippen molar-refractivity contribution in [2.45, 2.75) is 43.5 Å². The number of aliphatic hydroxyl groups is 5. The van der Waals surface area contributed by atoms with Crippen molar-refractivity contribution in [1.29, 1.82) is 0 Å². The summed E-state index contributed by atoms with van der Waals surface area (Å²) in [5.74, 6) is 0. The Morgan fingerprint density at radius 2 is 1.62 bits per heavy atom. The molecular weight excluding hydrogens is 452 g/mol. The number of halogens is 1. The predicted octanol–water partition coefficient (Wildman–Crippen LogP) is 2.67. The number of benzene rings is 2. The summed E-state index contributed by atoms with van der Waals surface area (Å²) in [4.78, 5) is 2.20. The summed E-state index contributed by atoms with van der Waals surface area (Å²) in [5.41, 5.74) is 3.38. The molecule has 0 unspecified atom stereocenters. The summed E-state index contributed by atoms with van der Waals surface area (Å²) >= 11 is 8.08. The Labute approximate surface area is 194 Å². The van der Waals surface area contributed by atoms with Gasteiger partial charge in [0, 0.05) is 21.2 Å². The molecule has 1 fully saturated rings. The van der Waals surface area contributed by atoms with Crippen LogP contribution in [0.4, 0.5) is 0 Å². The molecule has 1 aromatic heterocycles. The fraction of sp³-hybridized carbons (Fsp3) is 0.333. The SMILES string of the molecule is OCc1ccc(-c2ccc(Cc3cc([C@@H]4O[C@H](CO)[C@@H](O)[C@H](O)[C@H]4O)ccc3Cl)s2)cc1. The van der Waals surface area contributed by atoms with E-state index in [0.717, 1.165) is 26.4 Å². The molecular formula is C24H25ClO6S. The van der Waals surface area contributed by atoms with Crippen molar-refractivity contribution in [3.63, 3.8) is 0 Å². The maximum Gasteiger partial charge on any atom is 0.113 e. The lowest BCUT2D eigenvalue weighted by Crippen LogP contribution is -2.55. The van der Waals surface area contributed by atoms with E-state index in [1.54, 1.807) is 23.5 Å². The minimum absolute atomic E-state index is 0.0132. The van der Waals surface area contributed by atoms with E-state index in [0.29, 0.717) is 17.0 Å². The van der Waals surface area contributed by atoms with Crippen LogP contribution >= 0.6 is 22.9 Å². The second-order valence-electron chi connectivity index (χ2n) is 7.90. The molecule has 0 aliphatic carbocycles. The van der Waals surface area contributed by atoms with Crippen LogP contribution in [0.25, 0.3) is 10.4 Å². The third-order valence-corrected chi connectivity index (χ3v) is 7.24. The van der Waals surface area contributed by atoms with Gasteiger partial charge in [0.2, 0.25) is 0 Å². The van der Waals surface area contributed by atoms with E-state index < -0.39 is 37.1 Å².